The van der Waals surface area contributed by atoms with Gasteiger partial charge >= 0.3 is 0 Å². The summed E-state index contributed by atoms with van der Waals surface area (Å²) in [5.74, 6) is 1.94. The normalized spacial score (nSPS) is 10.3. The average molecular weight is 359 g/mol. The van der Waals surface area contributed by atoms with Crippen LogP contribution in [0.4, 0.5) is 0 Å². The summed E-state index contributed by atoms with van der Waals surface area (Å²) in [6, 6.07) is 13.1. The Morgan fingerprint density at radius 2 is 1.73 bits per heavy atom. The van der Waals surface area contributed by atoms with Crippen molar-refractivity contribution in [3.63, 3.8) is 0 Å². The molecule has 2 aromatic rings. The maximum atomic E-state index is 12.2. The molecule has 0 heterocycles. The third kappa shape index (κ3) is 5.97. The van der Waals surface area contributed by atoms with Crippen LogP contribution in [-0.4, -0.2) is 40.5 Å². The van der Waals surface area contributed by atoms with Gasteiger partial charge in [0.05, 0.1) is 27.2 Å². The van der Waals surface area contributed by atoms with E-state index in [2.05, 4.69) is 5.32 Å². The molecule has 6 nitrogen and oxygen atoms in total. The highest BCUT2D eigenvalue weighted by Gasteiger charge is 2.08. The zero-order valence-corrected chi connectivity index (χ0v) is 15.4. The van der Waals surface area contributed by atoms with Gasteiger partial charge in [-0.2, -0.15) is 0 Å². The lowest BCUT2D eigenvalue weighted by molar-refractivity contribution is -0.120. The molecule has 0 aliphatic rings. The van der Waals surface area contributed by atoms with Crippen LogP contribution >= 0.6 is 0 Å². The van der Waals surface area contributed by atoms with E-state index >= 15 is 0 Å². The zero-order valence-electron chi connectivity index (χ0n) is 15.4. The van der Waals surface area contributed by atoms with Gasteiger partial charge in [-0.15, -0.1) is 0 Å². The van der Waals surface area contributed by atoms with Gasteiger partial charge in [0.1, 0.15) is 12.4 Å². The summed E-state index contributed by atoms with van der Waals surface area (Å²) in [5, 5.41) is 2.92. The summed E-state index contributed by atoms with van der Waals surface area (Å²) in [6.45, 7) is 1.46. The second-order valence-corrected chi connectivity index (χ2v) is 5.63. The SMILES string of the molecule is COCCOc1cccc(CNC(=O)Cc2ccc(OC)c(OC)c2)c1. The number of carbonyl (C=O) groups is 1. The third-order valence-electron chi connectivity index (χ3n) is 3.76. The van der Waals surface area contributed by atoms with Crippen molar-refractivity contribution in [3.8, 4) is 17.2 Å². The highest BCUT2D eigenvalue weighted by atomic mass is 16.5. The minimum absolute atomic E-state index is 0.0667. The highest BCUT2D eigenvalue weighted by Crippen LogP contribution is 2.27. The zero-order chi connectivity index (χ0) is 18.8. The van der Waals surface area contributed by atoms with Gasteiger partial charge in [-0.05, 0) is 35.4 Å². The van der Waals surface area contributed by atoms with E-state index in [1.807, 2.05) is 36.4 Å². The fraction of sp³-hybridized carbons (Fsp3) is 0.350. The molecule has 0 aromatic heterocycles. The van der Waals surface area contributed by atoms with E-state index in [-0.39, 0.29) is 12.3 Å². The molecule has 0 radical (unpaired) electrons. The molecule has 0 bridgehead atoms. The molecule has 6 heteroatoms. The molecule has 0 spiro atoms. The van der Waals surface area contributed by atoms with Crippen LogP contribution < -0.4 is 19.5 Å². The number of rotatable bonds is 10. The lowest BCUT2D eigenvalue weighted by Crippen LogP contribution is -2.24. The first-order valence-electron chi connectivity index (χ1n) is 8.34. The molecule has 0 aliphatic heterocycles. The number of benzene rings is 2. The topological polar surface area (TPSA) is 66.0 Å². The van der Waals surface area contributed by atoms with Gasteiger partial charge in [-0.1, -0.05) is 18.2 Å². The van der Waals surface area contributed by atoms with Gasteiger partial charge in [0.2, 0.25) is 5.91 Å². The van der Waals surface area contributed by atoms with E-state index < -0.39 is 0 Å². The van der Waals surface area contributed by atoms with E-state index in [0.717, 1.165) is 16.9 Å². The summed E-state index contributed by atoms with van der Waals surface area (Å²) < 4.78 is 21.0. The largest absolute Gasteiger partial charge is 0.493 e. The van der Waals surface area contributed by atoms with E-state index in [0.29, 0.717) is 31.3 Å². The molecular formula is C20H25NO5. The molecular weight excluding hydrogens is 334 g/mol. The Morgan fingerprint density at radius 1 is 0.923 bits per heavy atom. The molecule has 1 N–H and O–H groups in total. The first-order valence-corrected chi connectivity index (χ1v) is 8.34. The molecule has 0 saturated carbocycles. The molecule has 2 aromatic carbocycles. The van der Waals surface area contributed by atoms with Crippen LogP contribution in [0.2, 0.25) is 0 Å². The lowest BCUT2D eigenvalue weighted by atomic mass is 10.1. The van der Waals surface area contributed by atoms with E-state index in [4.69, 9.17) is 18.9 Å². The van der Waals surface area contributed by atoms with Crippen LogP contribution in [0.15, 0.2) is 42.5 Å². The van der Waals surface area contributed by atoms with Gasteiger partial charge in [-0.25, -0.2) is 0 Å². The second-order valence-electron chi connectivity index (χ2n) is 5.63. The van der Waals surface area contributed by atoms with Crippen LogP contribution in [-0.2, 0) is 22.5 Å². The number of hydrogen-bond donors (Lipinski definition) is 1. The first kappa shape index (κ1) is 19.6. The van der Waals surface area contributed by atoms with Gasteiger partial charge in [-0.3, -0.25) is 4.79 Å². The fourth-order valence-corrected chi connectivity index (χ4v) is 2.43. The van der Waals surface area contributed by atoms with Crippen molar-refractivity contribution in [2.45, 2.75) is 13.0 Å². The molecule has 2 rings (SSSR count). The summed E-state index contributed by atoms with van der Waals surface area (Å²) in [7, 11) is 4.79. The standard InChI is InChI=1S/C20H25NO5/c1-23-9-10-26-17-6-4-5-16(11-17)14-21-20(22)13-15-7-8-18(24-2)19(12-15)25-3/h4-8,11-12H,9-10,13-14H2,1-3H3,(H,21,22). The molecule has 0 aliphatic carbocycles. The molecule has 0 atom stereocenters. The summed E-state index contributed by atoms with van der Waals surface area (Å²) in [4.78, 5) is 12.2. The smallest absolute Gasteiger partial charge is 0.224 e. The van der Waals surface area contributed by atoms with E-state index in [9.17, 15) is 4.79 Å². The van der Waals surface area contributed by atoms with Crippen LogP contribution in [0.25, 0.3) is 0 Å². The third-order valence-corrected chi connectivity index (χ3v) is 3.76. The monoisotopic (exact) mass is 359 g/mol. The Labute approximate surface area is 154 Å². The van der Waals surface area contributed by atoms with Crippen molar-refractivity contribution in [2.75, 3.05) is 34.5 Å². The van der Waals surface area contributed by atoms with Gasteiger partial charge in [0.25, 0.3) is 0 Å². The summed E-state index contributed by atoms with van der Waals surface area (Å²) in [6.07, 6.45) is 0.268. The number of nitrogens with one attached hydrogen (secondary N) is 1. The summed E-state index contributed by atoms with van der Waals surface area (Å²) >= 11 is 0. The first-order chi connectivity index (χ1) is 12.7. The quantitative estimate of drug-likeness (QED) is 0.661. The number of carbonyl (C=O) groups excluding carboxylic acids is 1. The Hall–Kier alpha value is -2.73. The van der Waals surface area contributed by atoms with Crippen molar-refractivity contribution < 1.29 is 23.7 Å². The predicted octanol–water partition coefficient (Wildman–Crippen LogP) is 2.59. The van der Waals surface area contributed by atoms with Crippen molar-refractivity contribution in [3.05, 3.63) is 53.6 Å². The molecule has 26 heavy (non-hydrogen) atoms. The minimum atomic E-state index is -0.0667. The van der Waals surface area contributed by atoms with E-state index in [1.165, 1.54) is 0 Å². The van der Waals surface area contributed by atoms with Crippen LogP contribution in [0, 0.1) is 0 Å². The van der Waals surface area contributed by atoms with Crippen molar-refractivity contribution in [1.29, 1.82) is 0 Å². The number of hydrogen-bond acceptors (Lipinski definition) is 5. The maximum Gasteiger partial charge on any atom is 0.224 e. The van der Waals surface area contributed by atoms with Crippen molar-refractivity contribution in [1.82, 2.24) is 5.32 Å². The molecule has 0 fully saturated rings. The Bertz CT molecular complexity index is 717. The van der Waals surface area contributed by atoms with Crippen LogP contribution in [0.3, 0.4) is 0 Å². The van der Waals surface area contributed by atoms with Crippen LogP contribution in [0.1, 0.15) is 11.1 Å². The van der Waals surface area contributed by atoms with Crippen molar-refractivity contribution in [2.24, 2.45) is 0 Å². The van der Waals surface area contributed by atoms with Crippen LogP contribution in [0.5, 0.6) is 17.2 Å². The number of ether oxygens (including phenoxy) is 4. The number of amides is 1. The Balaban J connectivity index is 1.88. The maximum absolute atomic E-state index is 12.2. The average Bonchev–Trinajstić information content (AvgIpc) is 2.67. The van der Waals surface area contributed by atoms with Gasteiger partial charge in [0.15, 0.2) is 11.5 Å². The van der Waals surface area contributed by atoms with E-state index in [1.54, 1.807) is 27.4 Å². The summed E-state index contributed by atoms with van der Waals surface area (Å²) in [5.41, 5.74) is 1.83. The number of methoxy groups -OCH3 is 3. The fourth-order valence-electron chi connectivity index (χ4n) is 2.43. The van der Waals surface area contributed by atoms with Crippen molar-refractivity contribution >= 4 is 5.91 Å². The van der Waals surface area contributed by atoms with Gasteiger partial charge in [0, 0.05) is 13.7 Å². The minimum Gasteiger partial charge on any atom is -0.493 e. The molecule has 0 saturated heterocycles. The Kier molecular flexibility index (Phi) is 7.76. The van der Waals surface area contributed by atoms with Gasteiger partial charge < -0.3 is 24.3 Å². The Morgan fingerprint density at radius 3 is 2.46 bits per heavy atom. The predicted molar refractivity (Wildman–Crippen MR) is 98.9 cm³/mol. The highest BCUT2D eigenvalue weighted by molar-refractivity contribution is 5.78. The molecule has 140 valence electrons. The molecule has 0 unspecified atom stereocenters. The lowest BCUT2D eigenvalue weighted by Gasteiger charge is -2.11. The molecule has 1 amide bonds. The second kappa shape index (κ2) is 10.3.